The minimum atomic E-state index is -4.77. The van der Waals surface area contributed by atoms with E-state index in [1.54, 1.807) is 12.1 Å². The highest BCUT2D eigenvalue weighted by molar-refractivity contribution is 7.47. The zero-order valence-corrected chi connectivity index (χ0v) is 16.6. The molecule has 1 unspecified atom stereocenters. The molecular formula is C15H16N6O9P-. The van der Waals surface area contributed by atoms with Crippen LogP contribution in [0.15, 0.2) is 29.3 Å². The number of aliphatic hydroxyl groups is 2. The molecule has 166 valence electrons. The lowest BCUT2D eigenvalue weighted by Gasteiger charge is -2.19. The lowest BCUT2D eigenvalue weighted by Crippen LogP contribution is -2.36. The van der Waals surface area contributed by atoms with Gasteiger partial charge in [-0.25, -0.2) is 19.3 Å². The molecule has 0 spiro atoms. The Bertz CT molecular complexity index is 1220. The van der Waals surface area contributed by atoms with Crippen LogP contribution in [0.2, 0.25) is 0 Å². The third kappa shape index (κ3) is 4.14. The summed E-state index contributed by atoms with van der Waals surface area (Å²) in [5.74, 6) is -0.734. The maximum absolute atomic E-state index is 12.3. The second-order valence-corrected chi connectivity index (χ2v) is 7.98. The predicted molar refractivity (Wildman–Crippen MR) is 96.3 cm³/mol. The summed E-state index contributed by atoms with van der Waals surface area (Å²) in [6.45, 7) is 0.717. The molecule has 3 N–H and O–H groups in total. The number of aryl methyl sites for hydroxylation is 1. The van der Waals surface area contributed by atoms with Gasteiger partial charge < -0.3 is 20.1 Å². The third-order valence-corrected chi connectivity index (χ3v) is 5.30. The molecule has 31 heavy (non-hydrogen) atoms. The summed E-state index contributed by atoms with van der Waals surface area (Å²) in [5, 5.41) is 39.1. The van der Waals surface area contributed by atoms with Crippen molar-refractivity contribution in [2.24, 2.45) is 0 Å². The van der Waals surface area contributed by atoms with E-state index in [0.29, 0.717) is 10.4 Å². The quantitative estimate of drug-likeness (QED) is 0.333. The molecule has 3 aromatic rings. The van der Waals surface area contributed by atoms with Crippen LogP contribution in [0.4, 0.5) is 0 Å². The fourth-order valence-electron chi connectivity index (χ4n) is 2.92. The van der Waals surface area contributed by atoms with Crippen molar-refractivity contribution >= 4 is 19.0 Å². The Morgan fingerprint density at radius 3 is 2.90 bits per heavy atom. The summed E-state index contributed by atoms with van der Waals surface area (Å²) in [6, 6.07) is 3.14. The van der Waals surface area contributed by atoms with Gasteiger partial charge in [0, 0.05) is 12.4 Å². The fourth-order valence-corrected chi connectivity index (χ4v) is 3.61. The van der Waals surface area contributed by atoms with Gasteiger partial charge in [0.25, 0.3) is 0 Å². The van der Waals surface area contributed by atoms with Crippen LogP contribution in [0.1, 0.15) is 11.8 Å². The third-order valence-electron chi connectivity index (χ3n) is 4.46. The minimum Gasteiger partial charge on any atom is -0.858 e. The Kier molecular flexibility index (Phi) is 5.47. The van der Waals surface area contributed by atoms with E-state index in [2.05, 4.69) is 20.3 Å². The smallest absolute Gasteiger partial charge is 0.548 e. The number of aromatic nitrogens is 6. The van der Waals surface area contributed by atoms with Crippen LogP contribution in [0.5, 0.6) is 5.88 Å². The van der Waals surface area contributed by atoms with Crippen LogP contribution >= 0.6 is 7.82 Å². The number of hydrogen-bond donors (Lipinski definition) is 3. The van der Waals surface area contributed by atoms with Crippen LogP contribution in [-0.4, -0.2) is 69.7 Å². The Hall–Kier alpha value is -2.94. The number of ether oxygens (including phenoxy) is 1. The maximum Gasteiger partial charge on any atom is 0.548 e. The topological polar surface area (TPSA) is 207 Å². The second-order valence-electron chi connectivity index (χ2n) is 6.62. The summed E-state index contributed by atoms with van der Waals surface area (Å²) in [6.07, 6.45) is -3.37. The van der Waals surface area contributed by atoms with Crippen molar-refractivity contribution < 1.29 is 38.7 Å². The first kappa shape index (κ1) is 21.3. The van der Waals surface area contributed by atoms with Crippen molar-refractivity contribution in [1.29, 1.82) is 0 Å². The molecule has 3 aromatic heterocycles. The molecule has 1 aliphatic heterocycles. The maximum atomic E-state index is 12.3. The largest absolute Gasteiger partial charge is 0.858 e. The van der Waals surface area contributed by atoms with Gasteiger partial charge in [-0.2, -0.15) is 0 Å². The number of phosphoric ester groups is 1. The van der Waals surface area contributed by atoms with Gasteiger partial charge >= 0.3 is 13.5 Å². The standard InChI is InChI=1S/C15H17N6O9P/c1-7-5-20(15(25)17-13(7)24)14-11(23)10(22)9(29-14)6-28-31(26,27)30-21-12-8(18-19-21)3-2-4-16-12/h2-5,9-11,14,22-23H,6H2,1H3,(H,26,27)(H,17,24,25)/p-1/t9-,10-,11-,14-/m1/s1. The highest BCUT2D eigenvalue weighted by Gasteiger charge is 2.45. The summed E-state index contributed by atoms with van der Waals surface area (Å²) in [5.41, 5.74) is -0.500. The number of pyridine rings is 1. The zero-order valence-electron chi connectivity index (χ0n) is 15.7. The van der Waals surface area contributed by atoms with Gasteiger partial charge in [0.05, 0.1) is 6.61 Å². The molecule has 0 amide bonds. The molecule has 1 fully saturated rings. The molecule has 0 bridgehead atoms. The summed E-state index contributed by atoms with van der Waals surface area (Å²) in [4.78, 5) is 29.7. The fraction of sp³-hybridized carbons (Fsp3) is 0.400. The summed E-state index contributed by atoms with van der Waals surface area (Å²) < 4.78 is 28.1. The van der Waals surface area contributed by atoms with E-state index in [9.17, 15) is 29.6 Å². The Balaban J connectivity index is 1.45. The SMILES string of the molecule is Cc1cn([C@@H]2O[C@H](COP(=O)(O)On3nnc4cccnc43)[C@@H](O)[C@H]2O)c(=O)nc1[O-]. The second kappa shape index (κ2) is 7.96. The van der Waals surface area contributed by atoms with Crippen molar-refractivity contribution in [3.63, 3.8) is 0 Å². The molecule has 4 heterocycles. The average Bonchev–Trinajstić information content (AvgIpc) is 3.25. The number of nitrogens with zero attached hydrogens (tertiary/aromatic N) is 6. The molecule has 0 saturated carbocycles. The molecule has 0 aromatic carbocycles. The molecule has 16 heteroatoms. The van der Waals surface area contributed by atoms with E-state index in [0.717, 1.165) is 10.8 Å². The lowest BCUT2D eigenvalue weighted by molar-refractivity contribution is -0.276. The van der Waals surface area contributed by atoms with Crippen LogP contribution in [0, 0.1) is 6.92 Å². The highest BCUT2D eigenvalue weighted by Crippen LogP contribution is 2.41. The van der Waals surface area contributed by atoms with Crippen LogP contribution < -0.4 is 15.4 Å². The zero-order chi connectivity index (χ0) is 22.3. The Morgan fingerprint density at radius 1 is 1.35 bits per heavy atom. The number of fused-ring (bicyclic) bond motifs is 1. The van der Waals surface area contributed by atoms with Gasteiger partial charge in [0.1, 0.15) is 23.8 Å². The van der Waals surface area contributed by atoms with Crippen molar-refractivity contribution in [1.82, 2.24) is 29.7 Å². The Labute approximate surface area is 172 Å². The van der Waals surface area contributed by atoms with Gasteiger partial charge in [0.15, 0.2) is 6.23 Å². The average molecular weight is 455 g/mol. The number of phosphoric acid groups is 1. The molecule has 5 atom stereocenters. The van der Waals surface area contributed by atoms with Crippen LogP contribution in [0.3, 0.4) is 0 Å². The Morgan fingerprint density at radius 2 is 2.13 bits per heavy atom. The summed E-state index contributed by atoms with van der Waals surface area (Å²) in [7, 11) is -4.77. The first-order chi connectivity index (χ1) is 14.7. The molecule has 0 radical (unpaired) electrons. The van der Waals surface area contributed by atoms with E-state index >= 15 is 0 Å². The predicted octanol–water partition coefficient (Wildman–Crippen LogP) is -2.37. The van der Waals surface area contributed by atoms with Crippen LogP contribution in [0.25, 0.3) is 11.2 Å². The van der Waals surface area contributed by atoms with Crippen molar-refractivity contribution in [3.05, 3.63) is 40.6 Å². The van der Waals surface area contributed by atoms with E-state index < -0.39 is 50.5 Å². The lowest BCUT2D eigenvalue weighted by atomic mass is 10.1. The molecule has 1 saturated heterocycles. The van der Waals surface area contributed by atoms with Crippen molar-refractivity contribution in [3.8, 4) is 5.88 Å². The molecule has 4 rings (SSSR count). The molecule has 1 aliphatic rings. The van der Waals surface area contributed by atoms with E-state index in [1.165, 1.54) is 13.1 Å². The van der Waals surface area contributed by atoms with Gasteiger partial charge in [-0.3, -0.25) is 18.6 Å². The highest BCUT2D eigenvalue weighted by atomic mass is 31.2. The van der Waals surface area contributed by atoms with Gasteiger partial charge in [-0.05, 0) is 40.6 Å². The first-order valence-electron chi connectivity index (χ1n) is 8.78. The number of rotatable bonds is 6. The van der Waals surface area contributed by atoms with Crippen LogP contribution in [-0.2, 0) is 13.8 Å². The van der Waals surface area contributed by atoms with Crippen molar-refractivity contribution in [2.75, 3.05) is 6.61 Å². The van der Waals surface area contributed by atoms with E-state index in [1.807, 2.05) is 0 Å². The monoisotopic (exact) mass is 455 g/mol. The number of hydrogen-bond acceptors (Lipinski definition) is 12. The normalized spacial score (nSPS) is 25.5. The van der Waals surface area contributed by atoms with Gasteiger partial charge in [-0.15, -0.1) is 5.10 Å². The number of aliphatic hydroxyl groups excluding tert-OH is 2. The first-order valence-corrected chi connectivity index (χ1v) is 10.3. The van der Waals surface area contributed by atoms with E-state index in [4.69, 9.17) is 13.9 Å². The van der Waals surface area contributed by atoms with E-state index in [-0.39, 0.29) is 11.2 Å². The van der Waals surface area contributed by atoms with Crippen molar-refractivity contribution in [2.45, 2.75) is 31.5 Å². The van der Waals surface area contributed by atoms with Gasteiger partial charge in [0.2, 0.25) is 5.65 Å². The molecule has 0 aliphatic carbocycles. The minimum absolute atomic E-state index is 0.0667. The molecule has 15 nitrogen and oxygen atoms in total. The molecular weight excluding hydrogens is 439 g/mol. The summed E-state index contributed by atoms with van der Waals surface area (Å²) >= 11 is 0. The van der Waals surface area contributed by atoms with Gasteiger partial charge in [-0.1, -0.05) is 0 Å².